The number of rotatable bonds is 2. The van der Waals surface area contributed by atoms with E-state index in [0.717, 1.165) is 0 Å². The molecule has 3 heteroatoms. The van der Waals surface area contributed by atoms with Crippen LogP contribution in [-0.2, 0) is 4.79 Å². The summed E-state index contributed by atoms with van der Waals surface area (Å²) in [6.45, 7) is 1.94. The molecular formula is C7H12OS2. The Morgan fingerprint density at radius 3 is 2.60 bits per heavy atom. The van der Waals surface area contributed by atoms with Gasteiger partial charge in [-0.15, -0.1) is 23.5 Å². The molecular weight excluding hydrogens is 164 g/mol. The predicted molar refractivity (Wildman–Crippen MR) is 48.6 cm³/mol. The van der Waals surface area contributed by atoms with Gasteiger partial charge in [-0.1, -0.05) is 6.92 Å². The van der Waals surface area contributed by atoms with E-state index in [0.29, 0.717) is 12.2 Å². The lowest BCUT2D eigenvalue weighted by Crippen LogP contribution is -2.16. The van der Waals surface area contributed by atoms with Crippen LogP contribution in [-0.4, -0.2) is 21.9 Å². The molecule has 58 valence electrons. The Morgan fingerprint density at radius 2 is 2.10 bits per heavy atom. The van der Waals surface area contributed by atoms with E-state index in [1.54, 1.807) is 0 Å². The summed E-state index contributed by atoms with van der Waals surface area (Å²) in [5.74, 6) is 2.75. The van der Waals surface area contributed by atoms with Gasteiger partial charge >= 0.3 is 0 Å². The molecule has 0 saturated carbocycles. The van der Waals surface area contributed by atoms with Gasteiger partial charge in [0.15, 0.2) is 5.78 Å². The fraction of sp³-hybridized carbons (Fsp3) is 0.857. The number of hydrogen-bond acceptors (Lipinski definition) is 3. The zero-order valence-corrected chi connectivity index (χ0v) is 7.76. The highest BCUT2D eigenvalue weighted by atomic mass is 32.2. The molecule has 0 amide bonds. The quantitative estimate of drug-likeness (QED) is 0.642. The summed E-state index contributed by atoms with van der Waals surface area (Å²) in [4.78, 5) is 11.1. The first-order valence-corrected chi connectivity index (χ1v) is 5.70. The minimum absolute atomic E-state index is 0.263. The number of hydrogen-bond donors (Lipinski definition) is 0. The van der Waals surface area contributed by atoms with Gasteiger partial charge in [0.25, 0.3) is 0 Å². The maximum Gasteiger partial charge on any atom is 0.155 e. The smallest absolute Gasteiger partial charge is 0.155 e. The van der Waals surface area contributed by atoms with Crippen LogP contribution in [0.4, 0.5) is 0 Å². The van der Waals surface area contributed by atoms with E-state index in [2.05, 4.69) is 0 Å². The van der Waals surface area contributed by atoms with E-state index in [1.165, 1.54) is 17.9 Å². The van der Waals surface area contributed by atoms with Gasteiger partial charge in [0.2, 0.25) is 0 Å². The van der Waals surface area contributed by atoms with Gasteiger partial charge in [0.05, 0.1) is 0 Å². The van der Waals surface area contributed by atoms with E-state index in [1.807, 2.05) is 30.4 Å². The Bertz CT molecular complexity index is 119. The van der Waals surface area contributed by atoms with Crippen LogP contribution in [0, 0.1) is 0 Å². The normalized spacial score (nSPS) is 20.9. The van der Waals surface area contributed by atoms with Crippen LogP contribution in [0.25, 0.3) is 0 Å². The van der Waals surface area contributed by atoms with Crippen LogP contribution >= 0.6 is 23.5 Å². The van der Waals surface area contributed by atoms with Gasteiger partial charge in [0, 0.05) is 6.42 Å². The highest BCUT2D eigenvalue weighted by molar-refractivity contribution is 8.18. The van der Waals surface area contributed by atoms with E-state index in [4.69, 9.17) is 0 Å². The van der Waals surface area contributed by atoms with Crippen LogP contribution in [0.15, 0.2) is 0 Å². The molecule has 0 N–H and O–H groups in total. The molecule has 10 heavy (non-hydrogen) atoms. The average Bonchev–Trinajstić information content (AvgIpc) is 2.05. The lowest BCUT2D eigenvalue weighted by molar-refractivity contribution is -0.116. The Kier molecular flexibility index (Phi) is 3.63. The molecule has 1 saturated heterocycles. The third-order valence-electron chi connectivity index (χ3n) is 1.44. The summed E-state index contributed by atoms with van der Waals surface area (Å²) in [6.07, 6.45) is 1.97. The standard InChI is InChI=1S/C7H12OS2/c1-2-6(8)7-9-4-3-5-10-7/h7H,2-5H2,1H3. The monoisotopic (exact) mass is 176 g/mol. The molecule has 1 fully saturated rings. The van der Waals surface area contributed by atoms with Crippen molar-refractivity contribution in [1.29, 1.82) is 0 Å². The van der Waals surface area contributed by atoms with E-state index < -0.39 is 0 Å². The first kappa shape index (κ1) is 8.47. The maximum absolute atomic E-state index is 11.1. The Balaban J connectivity index is 2.31. The maximum atomic E-state index is 11.1. The van der Waals surface area contributed by atoms with Gasteiger partial charge in [-0.2, -0.15) is 0 Å². The second kappa shape index (κ2) is 4.29. The number of carbonyl (C=O) groups excluding carboxylic acids is 1. The summed E-state index contributed by atoms with van der Waals surface area (Å²) < 4.78 is 0.263. The molecule has 0 aromatic heterocycles. The number of Topliss-reactive ketones (excluding diaryl/α,β-unsaturated/α-hetero) is 1. The van der Waals surface area contributed by atoms with Crippen molar-refractivity contribution in [2.75, 3.05) is 11.5 Å². The Morgan fingerprint density at radius 1 is 1.50 bits per heavy atom. The number of ketones is 1. The molecule has 1 aliphatic rings. The largest absolute Gasteiger partial charge is 0.298 e. The van der Waals surface area contributed by atoms with Gasteiger partial charge in [0.1, 0.15) is 4.58 Å². The first-order valence-electron chi connectivity index (χ1n) is 3.60. The van der Waals surface area contributed by atoms with E-state index in [9.17, 15) is 4.79 Å². The molecule has 0 spiro atoms. The lowest BCUT2D eigenvalue weighted by atomic mass is 10.3. The van der Waals surface area contributed by atoms with E-state index in [-0.39, 0.29) is 4.58 Å². The predicted octanol–water partition coefficient (Wildman–Crippen LogP) is 2.16. The SMILES string of the molecule is CCC(=O)C1SCCCS1. The molecule has 1 nitrogen and oxygen atoms in total. The fourth-order valence-electron chi connectivity index (χ4n) is 0.840. The molecule has 1 aliphatic heterocycles. The van der Waals surface area contributed by atoms with Crippen molar-refractivity contribution in [2.24, 2.45) is 0 Å². The van der Waals surface area contributed by atoms with Crippen molar-refractivity contribution in [3.05, 3.63) is 0 Å². The molecule has 0 radical (unpaired) electrons. The zero-order chi connectivity index (χ0) is 7.40. The highest BCUT2D eigenvalue weighted by Crippen LogP contribution is 2.31. The summed E-state index contributed by atoms with van der Waals surface area (Å²) in [5, 5.41) is 0. The molecule has 1 heterocycles. The minimum Gasteiger partial charge on any atom is -0.298 e. The molecule has 1 rings (SSSR count). The molecule has 0 bridgehead atoms. The Hall–Kier alpha value is 0.370. The second-order valence-corrected chi connectivity index (χ2v) is 4.97. The number of carbonyl (C=O) groups is 1. The average molecular weight is 176 g/mol. The Labute approximate surface area is 70.3 Å². The van der Waals surface area contributed by atoms with Crippen LogP contribution in [0.2, 0.25) is 0 Å². The van der Waals surface area contributed by atoms with Gasteiger partial charge < -0.3 is 0 Å². The van der Waals surface area contributed by atoms with Crippen molar-refractivity contribution in [2.45, 2.75) is 24.3 Å². The summed E-state index contributed by atoms with van der Waals surface area (Å²) in [7, 11) is 0. The van der Waals surface area contributed by atoms with Crippen LogP contribution in [0.1, 0.15) is 19.8 Å². The highest BCUT2D eigenvalue weighted by Gasteiger charge is 2.19. The van der Waals surface area contributed by atoms with Crippen molar-refractivity contribution in [1.82, 2.24) is 0 Å². The summed E-state index contributed by atoms with van der Waals surface area (Å²) in [6, 6.07) is 0. The number of thioether (sulfide) groups is 2. The van der Waals surface area contributed by atoms with Gasteiger partial charge in [-0.05, 0) is 17.9 Å². The molecule has 0 atom stereocenters. The van der Waals surface area contributed by atoms with Gasteiger partial charge in [-0.25, -0.2) is 0 Å². The van der Waals surface area contributed by atoms with Crippen LogP contribution in [0.5, 0.6) is 0 Å². The second-order valence-electron chi connectivity index (χ2n) is 2.25. The summed E-state index contributed by atoms with van der Waals surface area (Å²) >= 11 is 3.62. The van der Waals surface area contributed by atoms with Crippen molar-refractivity contribution in [3.63, 3.8) is 0 Å². The van der Waals surface area contributed by atoms with Crippen molar-refractivity contribution < 1.29 is 4.79 Å². The third-order valence-corrected chi connectivity index (χ3v) is 4.44. The fourth-order valence-corrected chi connectivity index (χ4v) is 3.74. The molecule has 0 aromatic rings. The van der Waals surface area contributed by atoms with E-state index >= 15 is 0 Å². The minimum atomic E-state index is 0.263. The first-order chi connectivity index (χ1) is 4.84. The molecule has 0 aliphatic carbocycles. The van der Waals surface area contributed by atoms with Gasteiger partial charge in [-0.3, -0.25) is 4.79 Å². The zero-order valence-electron chi connectivity index (χ0n) is 6.13. The third kappa shape index (κ3) is 2.20. The lowest BCUT2D eigenvalue weighted by Gasteiger charge is -2.18. The van der Waals surface area contributed by atoms with Crippen molar-refractivity contribution in [3.8, 4) is 0 Å². The summed E-state index contributed by atoms with van der Waals surface area (Å²) in [5.41, 5.74) is 0. The van der Waals surface area contributed by atoms with Crippen molar-refractivity contribution >= 4 is 29.3 Å². The molecule has 0 aromatic carbocycles. The van der Waals surface area contributed by atoms with Crippen LogP contribution in [0.3, 0.4) is 0 Å². The molecule has 0 unspecified atom stereocenters. The topological polar surface area (TPSA) is 17.1 Å². The van der Waals surface area contributed by atoms with Crippen LogP contribution < -0.4 is 0 Å².